The number of aliphatic hydroxyl groups excluding tert-OH is 1. The van der Waals surface area contributed by atoms with Gasteiger partial charge < -0.3 is 9.84 Å². The lowest BCUT2D eigenvalue weighted by atomic mass is 10.1. The molecule has 0 aliphatic rings. The Hall–Kier alpha value is -1.35. The third kappa shape index (κ3) is 5.18. The van der Waals surface area contributed by atoms with Gasteiger partial charge >= 0.3 is 5.97 Å². The first-order chi connectivity index (χ1) is 7.33. The van der Waals surface area contributed by atoms with E-state index in [2.05, 4.69) is 0 Å². The highest BCUT2D eigenvalue weighted by atomic mass is 16.5. The standard InChI is InChI=1S/C12H16O3/c13-9-4-10-15-12(14)8-7-11-5-2-1-3-6-11/h1-3,5-6,13H,4,7-10H2. The second-order valence-electron chi connectivity index (χ2n) is 3.28. The smallest absolute Gasteiger partial charge is 0.306 e. The van der Waals surface area contributed by atoms with E-state index < -0.39 is 0 Å². The van der Waals surface area contributed by atoms with Crippen LogP contribution in [0.2, 0.25) is 0 Å². The zero-order valence-corrected chi connectivity index (χ0v) is 8.69. The molecule has 82 valence electrons. The lowest BCUT2D eigenvalue weighted by Gasteiger charge is -2.03. The predicted molar refractivity (Wildman–Crippen MR) is 57.4 cm³/mol. The molecule has 0 atom stereocenters. The molecule has 1 rings (SSSR count). The number of carbonyl (C=O) groups excluding carboxylic acids is 1. The molecule has 0 heterocycles. The van der Waals surface area contributed by atoms with Crippen LogP contribution < -0.4 is 0 Å². The molecule has 0 saturated heterocycles. The van der Waals surface area contributed by atoms with Crippen LogP contribution in [0.15, 0.2) is 30.3 Å². The van der Waals surface area contributed by atoms with Crippen molar-refractivity contribution in [3.63, 3.8) is 0 Å². The molecular weight excluding hydrogens is 192 g/mol. The summed E-state index contributed by atoms with van der Waals surface area (Å²) in [6, 6.07) is 9.82. The second-order valence-corrected chi connectivity index (χ2v) is 3.28. The molecule has 0 aliphatic carbocycles. The Bertz CT molecular complexity index is 282. The summed E-state index contributed by atoms with van der Waals surface area (Å²) < 4.78 is 4.91. The lowest BCUT2D eigenvalue weighted by Crippen LogP contribution is -2.07. The SMILES string of the molecule is O=C(CCc1ccccc1)OCCCO. The molecule has 0 unspecified atom stereocenters. The average Bonchev–Trinajstić information content (AvgIpc) is 2.28. The van der Waals surface area contributed by atoms with Crippen LogP contribution in [-0.2, 0) is 16.0 Å². The van der Waals surface area contributed by atoms with Crippen LogP contribution in [0.5, 0.6) is 0 Å². The van der Waals surface area contributed by atoms with Crippen LogP contribution in [0.1, 0.15) is 18.4 Å². The Labute approximate surface area is 89.7 Å². The monoisotopic (exact) mass is 208 g/mol. The van der Waals surface area contributed by atoms with Gasteiger partial charge in [0, 0.05) is 19.4 Å². The van der Waals surface area contributed by atoms with Gasteiger partial charge in [0.25, 0.3) is 0 Å². The molecule has 0 saturated carbocycles. The lowest BCUT2D eigenvalue weighted by molar-refractivity contribution is -0.143. The summed E-state index contributed by atoms with van der Waals surface area (Å²) in [7, 11) is 0. The Morgan fingerprint density at radius 1 is 1.27 bits per heavy atom. The third-order valence-corrected chi connectivity index (χ3v) is 2.03. The predicted octanol–water partition coefficient (Wildman–Crippen LogP) is 1.54. The van der Waals surface area contributed by atoms with Crippen molar-refractivity contribution in [2.24, 2.45) is 0 Å². The van der Waals surface area contributed by atoms with Gasteiger partial charge in [-0.1, -0.05) is 30.3 Å². The minimum absolute atomic E-state index is 0.0615. The number of ether oxygens (including phenoxy) is 1. The van der Waals surface area contributed by atoms with Crippen molar-refractivity contribution in [3.05, 3.63) is 35.9 Å². The molecule has 1 aromatic carbocycles. The van der Waals surface area contributed by atoms with E-state index in [1.54, 1.807) is 0 Å². The topological polar surface area (TPSA) is 46.5 Å². The average molecular weight is 208 g/mol. The maximum absolute atomic E-state index is 11.2. The summed E-state index contributed by atoms with van der Waals surface area (Å²) in [4.78, 5) is 11.2. The van der Waals surface area contributed by atoms with Crippen LogP contribution in [0.4, 0.5) is 0 Å². The minimum Gasteiger partial charge on any atom is -0.466 e. The Morgan fingerprint density at radius 2 is 2.00 bits per heavy atom. The summed E-state index contributed by atoms with van der Waals surface area (Å²) >= 11 is 0. The number of aryl methyl sites for hydroxylation is 1. The zero-order valence-electron chi connectivity index (χ0n) is 8.69. The fraction of sp³-hybridized carbons (Fsp3) is 0.417. The van der Waals surface area contributed by atoms with Gasteiger partial charge in [-0.3, -0.25) is 4.79 Å². The fourth-order valence-electron chi connectivity index (χ4n) is 1.21. The quantitative estimate of drug-likeness (QED) is 0.570. The second kappa shape index (κ2) is 7.01. The van der Waals surface area contributed by atoms with Crippen LogP contribution in [0.25, 0.3) is 0 Å². The first kappa shape index (κ1) is 11.7. The molecule has 15 heavy (non-hydrogen) atoms. The molecule has 0 bridgehead atoms. The van der Waals surface area contributed by atoms with E-state index in [1.807, 2.05) is 30.3 Å². The minimum atomic E-state index is -0.202. The first-order valence-corrected chi connectivity index (χ1v) is 5.13. The van der Waals surface area contributed by atoms with Gasteiger partial charge in [-0.25, -0.2) is 0 Å². The Kier molecular flexibility index (Phi) is 5.48. The van der Waals surface area contributed by atoms with E-state index in [4.69, 9.17) is 9.84 Å². The molecule has 0 fully saturated rings. The summed E-state index contributed by atoms with van der Waals surface area (Å²) in [6.45, 7) is 0.371. The summed E-state index contributed by atoms with van der Waals surface area (Å²) in [5.41, 5.74) is 1.14. The van der Waals surface area contributed by atoms with Gasteiger partial charge in [0.1, 0.15) is 0 Å². The van der Waals surface area contributed by atoms with E-state index in [9.17, 15) is 4.79 Å². The normalized spacial score (nSPS) is 9.93. The van der Waals surface area contributed by atoms with Crippen LogP contribution >= 0.6 is 0 Å². The number of carbonyl (C=O) groups is 1. The van der Waals surface area contributed by atoms with E-state index in [0.717, 1.165) is 5.56 Å². The zero-order chi connectivity index (χ0) is 10.9. The Balaban J connectivity index is 2.17. The maximum Gasteiger partial charge on any atom is 0.306 e. The number of hydrogen-bond acceptors (Lipinski definition) is 3. The van der Waals surface area contributed by atoms with Gasteiger partial charge in [-0.2, -0.15) is 0 Å². The molecule has 0 radical (unpaired) electrons. The molecule has 0 aliphatic heterocycles. The molecule has 0 aromatic heterocycles. The van der Waals surface area contributed by atoms with E-state index in [0.29, 0.717) is 25.9 Å². The van der Waals surface area contributed by atoms with Crippen molar-refractivity contribution in [1.82, 2.24) is 0 Å². The van der Waals surface area contributed by atoms with Gasteiger partial charge in [-0.15, -0.1) is 0 Å². The highest BCUT2D eigenvalue weighted by Crippen LogP contribution is 2.03. The van der Waals surface area contributed by atoms with Gasteiger partial charge in [0.2, 0.25) is 0 Å². The van der Waals surface area contributed by atoms with Crippen LogP contribution in [0, 0.1) is 0 Å². The third-order valence-electron chi connectivity index (χ3n) is 2.03. The summed E-state index contributed by atoms with van der Waals surface area (Å²) in [5, 5.41) is 8.50. The van der Waals surface area contributed by atoms with Gasteiger partial charge in [-0.05, 0) is 12.0 Å². The van der Waals surface area contributed by atoms with E-state index in [-0.39, 0.29) is 12.6 Å². The largest absolute Gasteiger partial charge is 0.466 e. The molecule has 0 spiro atoms. The first-order valence-electron chi connectivity index (χ1n) is 5.13. The molecular formula is C12H16O3. The van der Waals surface area contributed by atoms with E-state index in [1.165, 1.54) is 0 Å². The summed E-state index contributed by atoms with van der Waals surface area (Å²) in [5.74, 6) is -0.202. The number of benzene rings is 1. The maximum atomic E-state index is 11.2. The van der Waals surface area contributed by atoms with Crippen LogP contribution in [-0.4, -0.2) is 24.3 Å². The van der Waals surface area contributed by atoms with Crippen molar-refractivity contribution in [2.75, 3.05) is 13.2 Å². The van der Waals surface area contributed by atoms with Crippen molar-refractivity contribution in [3.8, 4) is 0 Å². The van der Waals surface area contributed by atoms with Crippen molar-refractivity contribution in [2.45, 2.75) is 19.3 Å². The number of rotatable bonds is 6. The number of esters is 1. The van der Waals surface area contributed by atoms with Gasteiger partial charge in [0.15, 0.2) is 0 Å². The molecule has 1 N–H and O–H groups in total. The van der Waals surface area contributed by atoms with Crippen molar-refractivity contribution < 1.29 is 14.6 Å². The summed E-state index contributed by atoms with van der Waals surface area (Å²) in [6.07, 6.45) is 1.62. The fourth-order valence-corrected chi connectivity index (χ4v) is 1.21. The molecule has 1 aromatic rings. The number of aliphatic hydroxyl groups is 1. The van der Waals surface area contributed by atoms with Gasteiger partial charge in [0.05, 0.1) is 6.61 Å². The number of hydrogen-bond donors (Lipinski definition) is 1. The highest BCUT2D eigenvalue weighted by molar-refractivity contribution is 5.69. The van der Waals surface area contributed by atoms with Crippen LogP contribution in [0.3, 0.4) is 0 Å². The van der Waals surface area contributed by atoms with Crippen molar-refractivity contribution >= 4 is 5.97 Å². The highest BCUT2D eigenvalue weighted by Gasteiger charge is 2.02. The van der Waals surface area contributed by atoms with Crippen molar-refractivity contribution in [1.29, 1.82) is 0 Å². The molecule has 3 heteroatoms. The van der Waals surface area contributed by atoms with E-state index >= 15 is 0 Å². The molecule has 3 nitrogen and oxygen atoms in total. The Morgan fingerprint density at radius 3 is 2.67 bits per heavy atom. The molecule has 0 amide bonds.